The number of anilines is 2. The summed E-state index contributed by atoms with van der Waals surface area (Å²) in [6, 6.07) is 9.47. The molecule has 0 aliphatic heterocycles. The minimum Gasteiger partial charge on any atom is -0.360 e. The van der Waals surface area contributed by atoms with E-state index in [9.17, 15) is 9.59 Å². The van der Waals surface area contributed by atoms with Gasteiger partial charge in [-0.05, 0) is 57.2 Å². The summed E-state index contributed by atoms with van der Waals surface area (Å²) in [5, 5.41) is 9.53. The molecule has 0 saturated heterocycles. The molecule has 6 nitrogen and oxygen atoms in total. The van der Waals surface area contributed by atoms with Crippen molar-refractivity contribution < 1.29 is 14.1 Å². The van der Waals surface area contributed by atoms with Crippen LogP contribution in [0, 0.1) is 25.7 Å². The molecular weight excluding hydrogens is 318 g/mol. The fraction of sp³-hybridized carbons (Fsp3) is 0.421. The molecule has 0 radical (unpaired) electrons. The summed E-state index contributed by atoms with van der Waals surface area (Å²) in [5.74, 6) is 0.968. The first kappa shape index (κ1) is 17.2. The monoisotopic (exact) mass is 341 g/mol. The molecular formula is C19H23N3O3. The van der Waals surface area contributed by atoms with Gasteiger partial charge in [-0.15, -0.1) is 0 Å². The molecule has 1 heterocycles. The lowest BCUT2D eigenvalue weighted by Crippen LogP contribution is -2.32. The number of nitrogens with zero attached hydrogens (tertiary/aromatic N) is 1. The molecule has 1 saturated carbocycles. The van der Waals surface area contributed by atoms with E-state index in [2.05, 4.69) is 15.8 Å². The largest absolute Gasteiger partial charge is 0.360 e. The van der Waals surface area contributed by atoms with Gasteiger partial charge in [0.2, 0.25) is 11.8 Å². The summed E-state index contributed by atoms with van der Waals surface area (Å²) in [6.45, 7) is 3.77. The van der Waals surface area contributed by atoms with Crippen molar-refractivity contribution in [2.75, 3.05) is 10.6 Å². The highest BCUT2D eigenvalue weighted by Gasteiger charge is 2.30. The SMILES string of the molecule is Cc1cccc(NC(=O)C2CCC(C(=O)Nc3cc(C)on3)CC2)c1. The Morgan fingerprint density at radius 2 is 1.64 bits per heavy atom. The zero-order valence-electron chi connectivity index (χ0n) is 14.5. The Kier molecular flexibility index (Phi) is 5.16. The van der Waals surface area contributed by atoms with E-state index < -0.39 is 0 Å². The number of carbonyl (C=O) groups excluding carboxylic acids is 2. The number of hydrogen-bond acceptors (Lipinski definition) is 4. The van der Waals surface area contributed by atoms with Crippen LogP contribution in [0.2, 0.25) is 0 Å². The summed E-state index contributed by atoms with van der Waals surface area (Å²) in [6.07, 6.45) is 2.84. The van der Waals surface area contributed by atoms with E-state index in [1.54, 1.807) is 13.0 Å². The van der Waals surface area contributed by atoms with Crippen LogP contribution in [0.1, 0.15) is 37.0 Å². The quantitative estimate of drug-likeness (QED) is 0.888. The number of nitrogens with one attached hydrogen (secondary N) is 2. The van der Waals surface area contributed by atoms with Gasteiger partial charge in [0.15, 0.2) is 5.82 Å². The van der Waals surface area contributed by atoms with E-state index >= 15 is 0 Å². The van der Waals surface area contributed by atoms with Crippen LogP contribution >= 0.6 is 0 Å². The van der Waals surface area contributed by atoms with Crippen molar-refractivity contribution in [3.05, 3.63) is 41.7 Å². The Bertz CT molecular complexity index is 761. The first-order chi connectivity index (χ1) is 12.0. The molecule has 1 fully saturated rings. The Balaban J connectivity index is 1.49. The van der Waals surface area contributed by atoms with E-state index in [4.69, 9.17) is 4.52 Å². The zero-order valence-corrected chi connectivity index (χ0v) is 14.5. The van der Waals surface area contributed by atoms with Gasteiger partial charge in [0.25, 0.3) is 0 Å². The van der Waals surface area contributed by atoms with Crippen molar-refractivity contribution in [1.82, 2.24) is 5.16 Å². The molecule has 1 aromatic heterocycles. The van der Waals surface area contributed by atoms with E-state index in [0.717, 1.165) is 11.3 Å². The molecule has 1 aliphatic carbocycles. The molecule has 0 unspecified atom stereocenters. The smallest absolute Gasteiger partial charge is 0.228 e. The fourth-order valence-electron chi connectivity index (χ4n) is 3.24. The zero-order chi connectivity index (χ0) is 17.8. The maximum atomic E-state index is 12.4. The van der Waals surface area contributed by atoms with E-state index in [1.807, 2.05) is 31.2 Å². The second kappa shape index (κ2) is 7.51. The van der Waals surface area contributed by atoms with Gasteiger partial charge in [0.1, 0.15) is 5.76 Å². The van der Waals surface area contributed by atoms with E-state index in [-0.39, 0.29) is 23.7 Å². The average molecular weight is 341 g/mol. The van der Waals surface area contributed by atoms with Gasteiger partial charge < -0.3 is 15.2 Å². The average Bonchev–Trinajstić information content (AvgIpc) is 3.00. The summed E-state index contributed by atoms with van der Waals surface area (Å²) < 4.78 is 4.95. The molecule has 132 valence electrons. The van der Waals surface area contributed by atoms with Gasteiger partial charge in [-0.2, -0.15) is 0 Å². The van der Waals surface area contributed by atoms with Crippen LogP contribution in [0.15, 0.2) is 34.9 Å². The molecule has 2 aromatic rings. The van der Waals surface area contributed by atoms with Crippen molar-refractivity contribution in [1.29, 1.82) is 0 Å². The van der Waals surface area contributed by atoms with Crippen LogP contribution in [-0.2, 0) is 9.59 Å². The molecule has 2 N–H and O–H groups in total. The Morgan fingerprint density at radius 3 is 2.20 bits per heavy atom. The lowest BCUT2D eigenvalue weighted by Gasteiger charge is -2.26. The highest BCUT2D eigenvalue weighted by atomic mass is 16.5. The minimum atomic E-state index is -0.0833. The van der Waals surface area contributed by atoms with Crippen LogP contribution in [0.3, 0.4) is 0 Å². The van der Waals surface area contributed by atoms with E-state index in [0.29, 0.717) is 37.3 Å². The van der Waals surface area contributed by atoms with Gasteiger partial charge >= 0.3 is 0 Å². The lowest BCUT2D eigenvalue weighted by molar-refractivity contribution is -0.125. The molecule has 2 amide bonds. The molecule has 0 atom stereocenters. The maximum Gasteiger partial charge on any atom is 0.228 e. The third kappa shape index (κ3) is 4.47. The predicted molar refractivity (Wildman–Crippen MR) is 95.1 cm³/mol. The van der Waals surface area contributed by atoms with Crippen molar-refractivity contribution in [3.8, 4) is 0 Å². The highest BCUT2D eigenvalue weighted by molar-refractivity contribution is 5.94. The topological polar surface area (TPSA) is 84.2 Å². The van der Waals surface area contributed by atoms with Crippen LogP contribution in [0.4, 0.5) is 11.5 Å². The Morgan fingerprint density at radius 1 is 1.00 bits per heavy atom. The lowest BCUT2D eigenvalue weighted by atomic mass is 9.81. The molecule has 6 heteroatoms. The fourth-order valence-corrected chi connectivity index (χ4v) is 3.24. The van der Waals surface area contributed by atoms with Crippen molar-refractivity contribution >= 4 is 23.3 Å². The van der Waals surface area contributed by atoms with Gasteiger partial charge in [0, 0.05) is 23.6 Å². The first-order valence-electron chi connectivity index (χ1n) is 8.63. The van der Waals surface area contributed by atoms with Gasteiger partial charge in [-0.25, -0.2) is 0 Å². The van der Waals surface area contributed by atoms with Crippen molar-refractivity contribution in [2.45, 2.75) is 39.5 Å². The summed E-state index contributed by atoms with van der Waals surface area (Å²) in [4.78, 5) is 24.7. The van der Waals surface area contributed by atoms with Crippen LogP contribution < -0.4 is 10.6 Å². The number of aromatic nitrogens is 1. The second-order valence-corrected chi connectivity index (χ2v) is 6.72. The summed E-state index contributed by atoms with van der Waals surface area (Å²) in [5.41, 5.74) is 1.94. The molecule has 1 aromatic carbocycles. The van der Waals surface area contributed by atoms with Gasteiger partial charge in [-0.1, -0.05) is 17.3 Å². The van der Waals surface area contributed by atoms with Crippen LogP contribution in [0.5, 0.6) is 0 Å². The Hall–Kier alpha value is -2.63. The maximum absolute atomic E-state index is 12.4. The first-order valence-corrected chi connectivity index (χ1v) is 8.63. The number of amides is 2. The number of aryl methyl sites for hydroxylation is 2. The van der Waals surface area contributed by atoms with Crippen molar-refractivity contribution in [3.63, 3.8) is 0 Å². The van der Waals surface area contributed by atoms with Gasteiger partial charge in [-0.3, -0.25) is 9.59 Å². The minimum absolute atomic E-state index is 0.0385. The standard InChI is InChI=1S/C19H23N3O3/c1-12-4-3-5-16(10-12)20-18(23)14-6-8-15(9-7-14)19(24)21-17-11-13(2)25-22-17/h3-5,10-11,14-15H,6-9H2,1-2H3,(H,20,23)(H,21,22,24). The Labute approximate surface area is 147 Å². The summed E-state index contributed by atoms with van der Waals surface area (Å²) in [7, 11) is 0. The molecule has 0 bridgehead atoms. The van der Waals surface area contributed by atoms with Gasteiger partial charge in [0.05, 0.1) is 0 Å². The predicted octanol–water partition coefficient (Wildman–Crippen LogP) is 3.68. The number of hydrogen-bond donors (Lipinski definition) is 2. The third-order valence-electron chi connectivity index (χ3n) is 4.63. The second-order valence-electron chi connectivity index (χ2n) is 6.72. The van der Waals surface area contributed by atoms with Crippen LogP contribution in [-0.4, -0.2) is 17.0 Å². The number of carbonyl (C=O) groups is 2. The van der Waals surface area contributed by atoms with Crippen LogP contribution in [0.25, 0.3) is 0 Å². The highest BCUT2D eigenvalue weighted by Crippen LogP contribution is 2.30. The molecule has 0 spiro atoms. The molecule has 1 aliphatic rings. The number of benzene rings is 1. The summed E-state index contributed by atoms with van der Waals surface area (Å²) >= 11 is 0. The molecule has 3 rings (SSSR count). The van der Waals surface area contributed by atoms with Crippen molar-refractivity contribution in [2.24, 2.45) is 11.8 Å². The third-order valence-corrected chi connectivity index (χ3v) is 4.63. The molecule has 25 heavy (non-hydrogen) atoms. The van der Waals surface area contributed by atoms with E-state index in [1.165, 1.54) is 0 Å². The normalized spacial score (nSPS) is 20.1. The number of rotatable bonds is 4.